The lowest BCUT2D eigenvalue weighted by Gasteiger charge is -2.21. The second kappa shape index (κ2) is 6.97. The van der Waals surface area contributed by atoms with Gasteiger partial charge in [-0.3, -0.25) is 0 Å². The Hall–Kier alpha value is -3.26. The first-order valence-corrected chi connectivity index (χ1v) is 9.26. The maximum Gasteiger partial charge on any atom is 0.227 e. The summed E-state index contributed by atoms with van der Waals surface area (Å²) in [5, 5.41) is 18.4. The minimum Gasteiger partial charge on any atom is -0.458 e. The second-order valence-electron chi connectivity index (χ2n) is 7.92. The number of halogens is 1. The molecule has 0 aliphatic carbocycles. The van der Waals surface area contributed by atoms with E-state index in [2.05, 4.69) is 20.4 Å². The molecule has 0 amide bonds. The molecule has 0 fully saturated rings. The fraction of sp³-hybridized carbons (Fsp3) is 0.286. The zero-order valence-electron chi connectivity index (χ0n) is 16.6. The van der Waals surface area contributed by atoms with E-state index in [-0.39, 0.29) is 11.1 Å². The average Bonchev–Trinajstić information content (AvgIpc) is 3.26. The summed E-state index contributed by atoms with van der Waals surface area (Å²) in [6.45, 7) is 7.81. The number of anilines is 1. The van der Waals surface area contributed by atoms with Gasteiger partial charge in [0.05, 0.1) is 11.8 Å². The van der Waals surface area contributed by atoms with Gasteiger partial charge in [-0.05, 0) is 45.9 Å². The van der Waals surface area contributed by atoms with Crippen molar-refractivity contribution in [1.82, 2.24) is 19.6 Å². The first-order chi connectivity index (χ1) is 13.7. The predicted molar refractivity (Wildman–Crippen MR) is 107 cm³/mol. The van der Waals surface area contributed by atoms with Crippen LogP contribution in [0.5, 0.6) is 0 Å². The van der Waals surface area contributed by atoms with Gasteiger partial charge in [0.2, 0.25) is 11.8 Å². The normalized spacial score (nSPS) is 13.0. The Balaban J connectivity index is 1.91. The monoisotopic (exact) mass is 395 g/mol. The zero-order chi connectivity index (χ0) is 20.8. The average molecular weight is 395 g/mol. The van der Waals surface area contributed by atoms with Gasteiger partial charge in [0.1, 0.15) is 17.7 Å². The Morgan fingerprint density at radius 2 is 1.86 bits per heavy atom. The number of aromatic nitrogens is 4. The van der Waals surface area contributed by atoms with Crippen molar-refractivity contribution in [2.75, 3.05) is 5.32 Å². The van der Waals surface area contributed by atoms with E-state index in [1.54, 1.807) is 18.2 Å². The van der Waals surface area contributed by atoms with Crippen LogP contribution in [0.1, 0.15) is 43.8 Å². The number of furan rings is 1. The molecule has 3 heterocycles. The number of nitrogens with zero attached hydrogens (tertiary/aromatic N) is 4. The van der Waals surface area contributed by atoms with Crippen molar-refractivity contribution in [3.63, 3.8) is 0 Å². The van der Waals surface area contributed by atoms with Gasteiger partial charge in [-0.15, -0.1) is 0 Å². The quantitative estimate of drug-likeness (QED) is 0.540. The third kappa shape index (κ3) is 3.71. The highest BCUT2D eigenvalue weighted by Crippen LogP contribution is 2.30. The molecule has 0 radical (unpaired) electrons. The number of aryl methyl sites for hydroxylation is 1. The molecule has 1 atom stereocenters. The third-order valence-corrected chi connectivity index (χ3v) is 4.34. The summed E-state index contributed by atoms with van der Waals surface area (Å²) in [5.41, 5.74) is 0.603. The van der Waals surface area contributed by atoms with Crippen LogP contribution in [0.3, 0.4) is 0 Å². The second-order valence-corrected chi connectivity index (χ2v) is 7.92. The molecular formula is C21H22FN5O2. The van der Waals surface area contributed by atoms with Gasteiger partial charge < -0.3 is 14.8 Å². The van der Waals surface area contributed by atoms with Crippen LogP contribution in [0, 0.1) is 12.7 Å². The molecule has 0 aliphatic heterocycles. The number of hydrogen-bond acceptors (Lipinski definition) is 6. The van der Waals surface area contributed by atoms with Crippen LogP contribution in [-0.4, -0.2) is 30.2 Å². The summed E-state index contributed by atoms with van der Waals surface area (Å²) in [4.78, 5) is 9.11. The molecule has 1 aromatic carbocycles. The SMILES string of the molecule is Cc1ccc(-c2nc(NC(C)(C)C)nc3c(C(O)c4ccccc4F)cnn23)o1. The highest BCUT2D eigenvalue weighted by molar-refractivity contribution is 5.61. The van der Waals surface area contributed by atoms with E-state index >= 15 is 0 Å². The Labute approximate surface area is 167 Å². The number of aliphatic hydroxyl groups excluding tert-OH is 1. The van der Waals surface area contributed by atoms with Gasteiger partial charge >= 0.3 is 0 Å². The number of nitrogens with one attached hydrogen (secondary N) is 1. The molecule has 0 spiro atoms. The standard InChI is InChI=1S/C21H22FN5O2/c1-12-9-10-16(29-12)19-25-20(26-21(2,3)4)24-18-14(11-23-27(18)19)17(28)13-7-5-6-8-15(13)22/h5-11,17,28H,1-4H3,(H,24,26). The Morgan fingerprint density at radius 3 is 2.52 bits per heavy atom. The van der Waals surface area contributed by atoms with E-state index in [1.807, 2.05) is 33.8 Å². The molecule has 0 bridgehead atoms. The Morgan fingerprint density at radius 1 is 1.10 bits per heavy atom. The van der Waals surface area contributed by atoms with Gasteiger partial charge in [0, 0.05) is 11.1 Å². The van der Waals surface area contributed by atoms with Gasteiger partial charge in [-0.1, -0.05) is 18.2 Å². The van der Waals surface area contributed by atoms with E-state index in [9.17, 15) is 9.50 Å². The fourth-order valence-corrected chi connectivity index (χ4v) is 3.06. The number of hydrogen-bond donors (Lipinski definition) is 2. The summed E-state index contributed by atoms with van der Waals surface area (Å²) < 4.78 is 21.5. The van der Waals surface area contributed by atoms with Crippen molar-refractivity contribution >= 4 is 11.6 Å². The summed E-state index contributed by atoms with van der Waals surface area (Å²) >= 11 is 0. The summed E-state index contributed by atoms with van der Waals surface area (Å²) in [6, 6.07) is 9.72. The number of fused-ring (bicyclic) bond motifs is 1. The molecule has 3 aromatic heterocycles. The van der Waals surface area contributed by atoms with Gasteiger partial charge in [-0.25, -0.2) is 4.39 Å². The van der Waals surface area contributed by atoms with E-state index in [0.29, 0.717) is 28.7 Å². The molecule has 4 aromatic rings. The van der Waals surface area contributed by atoms with Crippen molar-refractivity contribution in [2.24, 2.45) is 0 Å². The van der Waals surface area contributed by atoms with E-state index in [4.69, 9.17) is 4.42 Å². The third-order valence-electron chi connectivity index (χ3n) is 4.34. The van der Waals surface area contributed by atoms with Crippen molar-refractivity contribution in [3.8, 4) is 11.6 Å². The Kier molecular flexibility index (Phi) is 4.58. The molecule has 150 valence electrons. The molecule has 0 saturated heterocycles. The lowest BCUT2D eigenvalue weighted by Crippen LogP contribution is -2.27. The number of rotatable bonds is 4. The van der Waals surface area contributed by atoms with Crippen molar-refractivity contribution in [2.45, 2.75) is 39.3 Å². The topological polar surface area (TPSA) is 88.5 Å². The predicted octanol–water partition coefficient (Wildman–Crippen LogP) is 4.12. The van der Waals surface area contributed by atoms with Crippen LogP contribution >= 0.6 is 0 Å². The molecule has 1 unspecified atom stereocenters. The van der Waals surface area contributed by atoms with E-state index in [1.165, 1.54) is 22.8 Å². The maximum atomic E-state index is 14.2. The molecule has 7 nitrogen and oxygen atoms in total. The lowest BCUT2D eigenvalue weighted by molar-refractivity contribution is 0.216. The Bertz CT molecular complexity index is 1180. The van der Waals surface area contributed by atoms with Crippen LogP contribution in [0.4, 0.5) is 10.3 Å². The minimum atomic E-state index is -1.22. The van der Waals surface area contributed by atoms with Gasteiger partial charge in [-0.2, -0.15) is 19.6 Å². The van der Waals surface area contributed by atoms with Crippen LogP contribution in [0.2, 0.25) is 0 Å². The first kappa shape index (κ1) is 19.1. The first-order valence-electron chi connectivity index (χ1n) is 9.26. The van der Waals surface area contributed by atoms with Crippen LogP contribution in [0.15, 0.2) is 47.0 Å². The maximum absolute atomic E-state index is 14.2. The zero-order valence-corrected chi connectivity index (χ0v) is 16.6. The smallest absolute Gasteiger partial charge is 0.227 e. The molecule has 8 heteroatoms. The van der Waals surface area contributed by atoms with Crippen molar-refractivity contribution in [3.05, 3.63) is 65.3 Å². The molecule has 0 aliphatic rings. The van der Waals surface area contributed by atoms with Gasteiger partial charge in [0.25, 0.3) is 0 Å². The summed E-state index contributed by atoms with van der Waals surface area (Å²) in [5.74, 6) is 1.54. The molecular weight excluding hydrogens is 373 g/mol. The highest BCUT2D eigenvalue weighted by Gasteiger charge is 2.24. The molecule has 0 saturated carbocycles. The van der Waals surface area contributed by atoms with Crippen molar-refractivity contribution in [1.29, 1.82) is 0 Å². The van der Waals surface area contributed by atoms with Crippen LogP contribution in [0.25, 0.3) is 17.2 Å². The minimum absolute atomic E-state index is 0.154. The molecule has 2 N–H and O–H groups in total. The van der Waals surface area contributed by atoms with Crippen molar-refractivity contribution < 1.29 is 13.9 Å². The molecule has 29 heavy (non-hydrogen) atoms. The number of benzene rings is 1. The van der Waals surface area contributed by atoms with Crippen LogP contribution < -0.4 is 5.32 Å². The van der Waals surface area contributed by atoms with E-state index < -0.39 is 11.9 Å². The van der Waals surface area contributed by atoms with Gasteiger partial charge in [0.15, 0.2) is 11.4 Å². The largest absolute Gasteiger partial charge is 0.458 e. The fourth-order valence-electron chi connectivity index (χ4n) is 3.06. The highest BCUT2D eigenvalue weighted by atomic mass is 19.1. The van der Waals surface area contributed by atoms with E-state index in [0.717, 1.165) is 5.76 Å². The summed E-state index contributed by atoms with van der Waals surface area (Å²) in [6.07, 6.45) is 0.249. The van der Waals surface area contributed by atoms with Crippen LogP contribution in [-0.2, 0) is 0 Å². The lowest BCUT2D eigenvalue weighted by atomic mass is 10.0. The number of aliphatic hydroxyl groups is 1. The summed E-state index contributed by atoms with van der Waals surface area (Å²) in [7, 11) is 0. The molecule has 4 rings (SSSR count).